The van der Waals surface area contributed by atoms with E-state index in [1.165, 1.54) is 7.11 Å². The molecule has 0 bridgehead atoms. The third-order valence-electron chi connectivity index (χ3n) is 13.4. The molecule has 5 saturated carbocycles. The Hall–Kier alpha value is -1.53. The molecule has 0 heterocycles. The number of ether oxygens (including phenoxy) is 1. The van der Waals surface area contributed by atoms with Crippen LogP contribution < -0.4 is 0 Å². The molecule has 2 N–H and O–H groups in total. The van der Waals surface area contributed by atoms with Crippen LogP contribution >= 0.6 is 0 Å². The van der Waals surface area contributed by atoms with Crippen LogP contribution in [0, 0.1) is 50.7 Å². The normalized spacial score (nSPS) is 50.5. The topological polar surface area (TPSA) is 101 Å². The van der Waals surface area contributed by atoms with Gasteiger partial charge in [0.1, 0.15) is 6.29 Å². The molecule has 11 atom stereocenters. The van der Waals surface area contributed by atoms with Crippen LogP contribution in [0.4, 0.5) is 0 Å². The molecule has 5 aliphatic carbocycles. The number of ketones is 1. The lowest BCUT2D eigenvalue weighted by Gasteiger charge is -2.63. The molecular weight excluding hydrogens is 468 g/mol. The first-order chi connectivity index (χ1) is 17.3. The molecule has 0 radical (unpaired) electrons. The highest BCUT2D eigenvalue weighted by Crippen LogP contribution is 2.89. The number of hydrogen-bond donors (Lipinski definition) is 2. The standard InChI is InChI=1S/C31H46O6/c1-18(2)21(33)8-7-19(16-32)20-11-12-28(4)22-9-10-23-29(5,26(36)37-6)24(34)15-25(35)31(23)17-30(22,31)14-13-27(20,28)3/h16,19-20,22-25,34-35H,1,7-15,17H2,2-6H3. The minimum Gasteiger partial charge on any atom is -0.469 e. The van der Waals surface area contributed by atoms with Gasteiger partial charge >= 0.3 is 5.97 Å². The highest BCUT2D eigenvalue weighted by molar-refractivity contribution is 5.94. The van der Waals surface area contributed by atoms with Gasteiger partial charge in [-0.2, -0.15) is 0 Å². The van der Waals surface area contributed by atoms with E-state index < -0.39 is 17.6 Å². The van der Waals surface area contributed by atoms with Crippen molar-refractivity contribution in [2.45, 2.75) is 104 Å². The second-order valence-corrected chi connectivity index (χ2v) is 14.1. The third kappa shape index (κ3) is 3.15. The molecule has 11 unspecified atom stereocenters. The van der Waals surface area contributed by atoms with Crippen molar-refractivity contribution < 1.29 is 29.3 Å². The lowest BCUT2D eigenvalue weighted by Crippen LogP contribution is -2.63. The number of carbonyl (C=O) groups excluding carboxylic acids is 3. The highest BCUT2D eigenvalue weighted by Gasteiger charge is 2.85. The maximum Gasteiger partial charge on any atom is 0.314 e. The van der Waals surface area contributed by atoms with Gasteiger partial charge < -0.3 is 19.7 Å². The van der Waals surface area contributed by atoms with Crippen molar-refractivity contribution in [3.05, 3.63) is 12.2 Å². The number of rotatable bonds is 7. The Labute approximate surface area is 221 Å². The van der Waals surface area contributed by atoms with Crippen LogP contribution in [-0.4, -0.2) is 47.6 Å². The number of methoxy groups -OCH3 is 1. The molecule has 0 amide bonds. The monoisotopic (exact) mass is 514 g/mol. The first-order valence-corrected chi connectivity index (χ1v) is 14.4. The van der Waals surface area contributed by atoms with Gasteiger partial charge in [-0.3, -0.25) is 9.59 Å². The van der Waals surface area contributed by atoms with E-state index in [9.17, 15) is 24.6 Å². The molecule has 6 heteroatoms. The fraction of sp³-hybridized carbons (Fsp3) is 0.839. The fourth-order valence-electron chi connectivity index (χ4n) is 11.2. The van der Waals surface area contributed by atoms with Crippen LogP contribution in [0.5, 0.6) is 0 Å². The van der Waals surface area contributed by atoms with Crippen LogP contribution in [0.2, 0.25) is 0 Å². The molecule has 0 saturated heterocycles. The summed E-state index contributed by atoms with van der Waals surface area (Å²) in [7, 11) is 1.39. The fourth-order valence-corrected chi connectivity index (χ4v) is 11.2. The van der Waals surface area contributed by atoms with Crippen molar-refractivity contribution >= 4 is 18.0 Å². The molecule has 6 nitrogen and oxygen atoms in total. The summed E-state index contributed by atoms with van der Waals surface area (Å²) in [5.41, 5.74) is -0.804. The van der Waals surface area contributed by atoms with Crippen LogP contribution in [0.25, 0.3) is 0 Å². The molecule has 0 aromatic carbocycles. The minimum absolute atomic E-state index is 0.0117. The summed E-state index contributed by atoms with van der Waals surface area (Å²) in [6, 6.07) is 0. The Kier molecular flexibility index (Phi) is 6.20. The van der Waals surface area contributed by atoms with E-state index in [1.54, 1.807) is 6.92 Å². The summed E-state index contributed by atoms with van der Waals surface area (Å²) in [5.74, 6) is 0.117. The van der Waals surface area contributed by atoms with E-state index in [1.807, 2.05) is 6.92 Å². The van der Waals surface area contributed by atoms with Gasteiger partial charge in [0.05, 0.1) is 24.7 Å². The van der Waals surface area contributed by atoms with Gasteiger partial charge in [-0.15, -0.1) is 0 Å². The van der Waals surface area contributed by atoms with Crippen LogP contribution in [-0.2, 0) is 19.1 Å². The molecule has 5 fully saturated rings. The van der Waals surface area contributed by atoms with Gasteiger partial charge in [0, 0.05) is 24.2 Å². The Morgan fingerprint density at radius 3 is 2.32 bits per heavy atom. The Morgan fingerprint density at radius 2 is 1.70 bits per heavy atom. The molecule has 2 spiro atoms. The SMILES string of the molecule is C=C(C)C(=O)CCC(C=O)C1CCC2(C)C3CCC4C(C)(C(=O)OC)C(O)CC(O)C45CC35CCC12C. The van der Waals surface area contributed by atoms with Crippen LogP contribution in [0.3, 0.4) is 0 Å². The van der Waals surface area contributed by atoms with E-state index in [0.29, 0.717) is 24.3 Å². The number of aldehydes is 1. The molecule has 0 aromatic rings. The predicted molar refractivity (Wildman–Crippen MR) is 139 cm³/mol. The van der Waals surface area contributed by atoms with Crippen molar-refractivity contribution in [1.82, 2.24) is 0 Å². The molecule has 37 heavy (non-hydrogen) atoms. The lowest BCUT2D eigenvalue weighted by atomic mass is 9.41. The maximum atomic E-state index is 13.1. The largest absolute Gasteiger partial charge is 0.469 e. The number of fused-ring (bicyclic) bond motifs is 2. The predicted octanol–water partition coefficient (Wildman–Crippen LogP) is 4.65. The number of Topliss-reactive ketones (excluding diaryl/α,β-unsaturated/α-hetero) is 1. The Bertz CT molecular complexity index is 1020. The van der Waals surface area contributed by atoms with Crippen molar-refractivity contribution in [2.75, 3.05) is 7.11 Å². The summed E-state index contributed by atoms with van der Waals surface area (Å²) in [4.78, 5) is 37.7. The van der Waals surface area contributed by atoms with Crippen molar-refractivity contribution in [3.63, 3.8) is 0 Å². The van der Waals surface area contributed by atoms with Gasteiger partial charge in [-0.25, -0.2) is 0 Å². The summed E-state index contributed by atoms with van der Waals surface area (Å²) >= 11 is 0. The lowest BCUT2D eigenvalue weighted by molar-refractivity contribution is -0.212. The number of aliphatic hydroxyl groups is 2. The minimum atomic E-state index is -0.999. The quantitative estimate of drug-likeness (QED) is 0.291. The van der Waals surface area contributed by atoms with Crippen molar-refractivity contribution in [2.24, 2.45) is 50.7 Å². The molecule has 0 aromatic heterocycles. The highest BCUT2D eigenvalue weighted by atomic mass is 16.5. The molecule has 206 valence electrons. The first kappa shape index (κ1) is 27.1. The molecular formula is C31H46O6. The van der Waals surface area contributed by atoms with E-state index in [-0.39, 0.29) is 57.6 Å². The summed E-state index contributed by atoms with van der Waals surface area (Å²) in [5, 5.41) is 22.6. The zero-order chi connectivity index (χ0) is 27.2. The zero-order valence-corrected chi connectivity index (χ0v) is 23.3. The van der Waals surface area contributed by atoms with Crippen molar-refractivity contribution in [3.8, 4) is 0 Å². The average molecular weight is 515 g/mol. The van der Waals surface area contributed by atoms with Crippen LogP contribution in [0.1, 0.15) is 91.9 Å². The maximum absolute atomic E-state index is 13.1. The summed E-state index contributed by atoms with van der Waals surface area (Å²) < 4.78 is 5.21. The average Bonchev–Trinajstić information content (AvgIpc) is 3.48. The summed E-state index contributed by atoms with van der Waals surface area (Å²) in [6.45, 7) is 12.2. The van der Waals surface area contributed by atoms with Gasteiger partial charge in [0.2, 0.25) is 0 Å². The zero-order valence-electron chi connectivity index (χ0n) is 23.3. The van der Waals surface area contributed by atoms with E-state index in [0.717, 1.165) is 51.2 Å². The third-order valence-corrected chi connectivity index (χ3v) is 13.4. The van der Waals surface area contributed by atoms with Gasteiger partial charge in [-0.05, 0) is 105 Å². The van der Waals surface area contributed by atoms with E-state index in [4.69, 9.17) is 4.74 Å². The summed E-state index contributed by atoms with van der Waals surface area (Å²) in [6.07, 6.45) is 7.44. The number of carbonyl (C=O) groups is 3. The second-order valence-electron chi connectivity index (χ2n) is 14.1. The molecule has 5 rings (SSSR count). The van der Waals surface area contributed by atoms with Gasteiger partial charge in [0.25, 0.3) is 0 Å². The Balaban J connectivity index is 1.46. The van der Waals surface area contributed by atoms with E-state index in [2.05, 4.69) is 20.4 Å². The van der Waals surface area contributed by atoms with Crippen molar-refractivity contribution in [1.29, 1.82) is 0 Å². The number of allylic oxidation sites excluding steroid dienone is 1. The number of aliphatic hydroxyl groups excluding tert-OH is 2. The van der Waals surface area contributed by atoms with Gasteiger partial charge in [-0.1, -0.05) is 20.4 Å². The molecule has 0 aliphatic heterocycles. The number of hydrogen-bond acceptors (Lipinski definition) is 6. The Morgan fingerprint density at radius 1 is 1.03 bits per heavy atom. The van der Waals surface area contributed by atoms with Crippen LogP contribution in [0.15, 0.2) is 12.2 Å². The smallest absolute Gasteiger partial charge is 0.314 e. The number of esters is 1. The second kappa shape index (κ2) is 8.48. The molecule has 5 aliphatic rings. The van der Waals surface area contributed by atoms with Gasteiger partial charge in [0.15, 0.2) is 5.78 Å². The first-order valence-electron chi connectivity index (χ1n) is 14.4. The van der Waals surface area contributed by atoms with E-state index >= 15 is 0 Å².